The quantitative estimate of drug-likeness (QED) is 0.611. The van der Waals surface area contributed by atoms with Crippen LogP contribution in [0.3, 0.4) is 0 Å². The zero-order chi connectivity index (χ0) is 22.1. The smallest absolute Gasteiger partial charge is 0.406 e. The number of amides is 1. The van der Waals surface area contributed by atoms with Gasteiger partial charge in [0.05, 0.1) is 5.69 Å². The Hall–Kier alpha value is -3.64. The lowest BCUT2D eigenvalue weighted by Crippen LogP contribution is -2.21. The molecule has 0 radical (unpaired) electrons. The van der Waals surface area contributed by atoms with Crippen molar-refractivity contribution in [1.29, 1.82) is 0 Å². The van der Waals surface area contributed by atoms with Crippen LogP contribution in [0.1, 0.15) is 16.2 Å². The normalized spacial score (nSPS) is 12.0. The molecular weight excluding hydrogens is 425 g/mol. The Morgan fingerprint density at radius 1 is 1.00 bits per heavy atom. The van der Waals surface area contributed by atoms with Crippen molar-refractivity contribution in [3.8, 4) is 11.4 Å². The number of hydrogen-bond donors (Lipinski definition) is 1. The Labute approximate surface area is 162 Å². The number of carbonyl (C=O) groups is 1. The van der Waals surface area contributed by atoms with E-state index in [1.165, 1.54) is 0 Å². The topological polar surface area (TPSA) is 69.0 Å². The fraction of sp³-hybridized carbons (Fsp3) is 0.118. The molecule has 0 aliphatic carbocycles. The fourth-order valence-corrected chi connectivity index (χ4v) is 2.44. The summed E-state index contributed by atoms with van der Waals surface area (Å²) in [5.74, 6) is -2.93. The minimum atomic E-state index is -5.11. The van der Waals surface area contributed by atoms with E-state index in [2.05, 4.69) is 15.0 Å². The van der Waals surface area contributed by atoms with Gasteiger partial charge in [0.1, 0.15) is 11.6 Å². The number of hydrogen-bond acceptors (Lipinski definition) is 4. The highest BCUT2D eigenvalue weighted by molar-refractivity contribution is 6.03. The van der Waals surface area contributed by atoms with Crippen LogP contribution in [-0.4, -0.2) is 27.3 Å². The van der Waals surface area contributed by atoms with E-state index in [0.29, 0.717) is 0 Å². The summed E-state index contributed by atoms with van der Waals surface area (Å²) in [7, 11) is 0. The molecule has 6 nitrogen and oxygen atoms in total. The molecule has 158 valence electrons. The highest BCUT2D eigenvalue weighted by Crippen LogP contribution is 2.33. The van der Waals surface area contributed by atoms with Gasteiger partial charge in [-0.1, -0.05) is 17.3 Å². The lowest BCUT2D eigenvalue weighted by Gasteiger charge is -2.12. The molecule has 30 heavy (non-hydrogen) atoms. The standard InChI is InChI=1S/C17H9F7N4O2/c18-9-3-1-5-11(7-9)28-14(16(19,20)21)13(26-27-28)15(29)25-10-4-2-6-12(8-10)30-17(22,23)24/h1-8H,(H,25,29). The molecule has 0 aliphatic heterocycles. The summed E-state index contributed by atoms with van der Waals surface area (Å²) in [4.78, 5) is 12.3. The van der Waals surface area contributed by atoms with Crippen LogP contribution in [0.2, 0.25) is 0 Å². The average molecular weight is 434 g/mol. The Balaban J connectivity index is 1.95. The van der Waals surface area contributed by atoms with E-state index >= 15 is 0 Å². The lowest BCUT2D eigenvalue weighted by atomic mass is 10.2. The van der Waals surface area contributed by atoms with Gasteiger partial charge in [-0.15, -0.1) is 18.3 Å². The summed E-state index contributed by atoms with van der Waals surface area (Å²) in [5.41, 5.74) is -3.37. The first-order valence-corrected chi connectivity index (χ1v) is 7.90. The number of halogens is 7. The second-order valence-electron chi connectivity index (χ2n) is 5.71. The Kier molecular flexibility index (Phi) is 5.37. The van der Waals surface area contributed by atoms with Crippen LogP contribution in [0, 0.1) is 5.82 Å². The van der Waals surface area contributed by atoms with Gasteiger partial charge < -0.3 is 10.1 Å². The number of alkyl halides is 6. The molecule has 0 atom stereocenters. The predicted octanol–water partition coefficient (Wildman–Crippen LogP) is 4.58. The lowest BCUT2D eigenvalue weighted by molar-refractivity contribution is -0.274. The summed E-state index contributed by atoms with van der Waals surface area (Å²) < 4.78 is 94.9. The molecule has 3 aromatic rings. The van der Waals surface area contributed by atoms with E-state index in [0.717, 1.165) is 48.5 Å². The maximum Gasteiger partial charge on any atom is 0.573 e. The molecule has 0 fully saturated rings. The summed E-state index contributed by atoms with van der Waals surface area (Å²) in [5, 5.41) is 8.48. The monoisotopic (exact) mass is 434 g/mol. The summed E-state index contributed by atoms with van der Waals surface area (Å²) in [6, 6.07) is 7.92. The molecule has 0 aliphatic rings. The van der Waals surface area contributed by atoms with Crippen molar-refractivity contribution in [3.05, 3.63) is 65.7 Å². The van der Waals surface area contributed by atoms with Crippen LogP contribution in [0.15, 0.2) is 48.5 Å². The first kappa shape index (κ1) is 21.1. The fourth-order valence-electron chi connectivity index (χ4n) is 2.44. The van der Waals surface area contributed by atoms with Crippen LogP contribution in [0.5, 0.6) is 5.75 Å². The maximum atomic E-state index is 13.6. The van der Waals surface area contributed by atoms with Crippen molar-refractivity contribution in [2.75, 3.05) is 5.32 Å². The van der Waals surface area contributed by atoms with E-state index in [9.17, 15) is 35.5 Å². The van der Waals surface area contributed by atoms with Gasteiger partial charge in [0.25, 0.3) is 5.91 Å². The molecule has 0 spiro atoms. The molecule has 0 bridgehead atoms. The SMILES string of the molecule is O=C(Nc1cccc(OC(F)(F)F)c1)c1nnn(-c2cccc(F)c2)c1C(F)(F)F. The number of anilines is 1. The number of benzene rings is 2. The zero-order valence-corrected chi connectivity index (χ0v) is 14.4. The molecule has 0 saturated carbocycles. The molecule has 0 saturated heterocycles. The van der Waals surface area contributed by atoms with Gasteiger partial charge in [-0.25, -0.2) is 9.07 Å². The van der Waals surface area contributed by atoms with Gasteiger partial charge in [-0.05, 0) is 30.3 Å². The number of ether oxygens (including phenoxy) is 1. The predicted molar refractivity (Wildman–Crippen MR) is 87.4 cm³/mol. The van der Waals surface area contributed by atoms with Gasteiger partial charge in [0, 0.05) is 11.8 Å². The highest BCUT2D eigenvalue weighted by Gasteiger charge is 2.42. The summed E-state index contributed by atoms with van der Waals surface area (Å²) in [6.07, 6.45) is -10.1. The molecule has 1 aromatic heterocycles. The molecule has 1 amide bonds. The third kappa shape index (κ3) is 4.85. The minimum Gasteiger partial charge on any atom is -0.406 e. The van der Waals surface area contributed by atoms with E-state index in [1.807, 2.05) is 5.32 Å². The van der Waals surface area contributed by atoms with E-state index in [4.69, 9.17) is 0 Å². The molecule has 0 unspecified atom stereocenters. The van der Waals surface area contributed by atoms with Gasteiger partial charge in [0.2, 0.25) is 0 Å². The van der Waals surface area contributed by atoms with Crippen molar-refractivity contribution >= 4 is 11.6 Å². The Bertz CT molecular complexity index is 1080. The number of nitrogens with one attached hydrogen (secondary N) is 1. The second kappa shape index (κ2) is 7.65. The Morgan fingerprint density at radius 3 is 2.33 bits per heavy atom. The Morgan fingerprint density at radius 2 is 1.70 bits per heavy atom. The van der Waals surface area contributed by atoms with Crippen LogP contribution in [0.25, 0.3) is 5.69 Å². The van der Waals surface area contributed by atoms with Gasteiger partial charge >= 0.3 is 12.5 Å². The first-order valence-electron chi connectivity index (χ1n) is 7.90. The first-order chi connectivity index (χ1) is 13.9. The van der Waals surface area contributed by atoms with Crippen LogP contribution in [-0.2, 0) is 6.18 Å². The summed E-state index contributed by atoms with van der Waals surface area (Å²) in [6.45, 7) is 0. The minimum absolute atomic E-state index is 0.237. The number of rotatable bonds is 4. The second-order valence-corrected chi connectivity index (χ2v) is 5.71. The number of nitrogens with zero attached hydrogens (tertiary/aromatic N) is 3. The molecule has 2 aromatic carbocycles. The van der Waals surface area contributed by atoms with Crippen molar-refractivity contribution in [2.24, 2.45) is 0 Å². The third-order valence-corrected chi connectivity index (χ3v) is 3.53. The highest BCUT2D eigenvalue weighted by atomic mass is 19.4. The average Bonchev–Trinajstić information content (AvgIpc) is 3.06. The van der Waals surface area contributed by atoms with Gasteiger partial charge in [-0.3, -0.25) is 4.79 Å². The van der Waals surface area contributed by atoms with Crippen molar-refractivity contribution < 1.29 is 40.3 Å². The number of aromatic nitrogens is 3. The number of carbonyl (C=O) groups excluding carboxylic acids is 1. The van der Waals surface area contributed by atoms with E-state index in [1.54, 1.807) is 0 Å². The van der Waals surface area contributed by atoms with Crippen molar-refractivity contribution in [3.63, 3.8) is 0 Å². The van der Waals surface area contributed by atoms with Crippen LogP contribution >= 0.6 is 0 Å². The van der Waals surface area contributed by atoms with Crippen molar-refractivity contribution in [1.82, 2.24) is 15.0 Å². The molecular formula is C17H9F7N4O2. The zero-order valence-electron chi connectivity index (χ0n) is 14.4. The van der Waals surface area contributed by atoms with Crippen LogP contribution < -0.4 is 10.1 Å². The summed E-state index contributed by atoms with van der Waals surface area (Å²) >= 11 is 0. The van der Waals surface area contributed by atoms with E-state index in [-0.39, 0.29) is 16.1 Å². The van der Waals surface area contributed by atoms with Gasteiger partial charge in [-0.2, -0.15) is 13.2 Å². The van der Waals surface area contributed by atoms with Crippen LogP contribution in [0.4, 0.5) is 36.4 Å². The largest absolute Gasteiger partial charge is 0.573 e. The van der Waals surface area contributed by atoms with Gasteiger partial charge in [0.15, 0.2) is 11.4 Å². The van der Waals surface area contributed by atoms with Crippen molar-refractivity contribution in [2.45, 2.75) is 12.5 Å². The molecule has 13 heteroatoms. The molecule has 3 rings (SSSR count). The molecule has 1 heterocycles. The molecule has 1 N–H and O–H groups in total. The van der Waals surface area contributed by atoms with E-state index < -0.39 is 41.4 Å². The maximum absolute atomic E-state index is 13.6. The third-order valence-electron chi connectivity index (χ3n) is 3.53.